The quantitative estimate of drug-likeness (QED) is 0.184. The predicted octanol–water partition coefficient (Wildman–Crippen LogP) is -2.81. The van der Waals surface area contributed by atoms with Crippen molar-refractivity contribution in [3.05, 3.63) is 35.9 Å². The number of aliphatic hydroxyl groups excluding tert-OH is 1. The molecule has 0 aromatic heterocycles. The van der Waals surface area contributed by atoms with Crippen molar-refractivity contribution in [2.24, 2.45) is 5.73 Å². The van der Waals surface area contributed by atoms with Crippen LogP contribution in [0.1, 0.15) is 12.0 Å². The Balaban J connectivity index is 2.77. The molecule has 0 spiro atoms. The fraction of sp³-hybridized carbons (Fsp3) is 0.389. The van der Waals surface area contributed by atoms with Crippen LogP contribution in [-0.2, 0) is 30.4 Å². The number of nitrogens with one attached hydrogen (secondary N) is 3. The lowest BCUT2D eigenvalue weighted by Crippen LogP contribution is -2.57. The van der Waals surface area contributed by atoms with E-state index in [0.29, 0.717) is 0 Å². The second kappa shape index (κ2) is 12.1. The molecular weight excluding hydrogens is 400 g/mol. The first-order valence-electron chi connectivity index (χ1n) is 8.86. The smallest absolute Gasteiger partial charge is 0.322 e. The minimum Gasteiger partial charge on any atom is -0.481 e. The van der Waals surface area contributed by atoms with Gasteiger partial charge in [0.1, 0.15) is 18.6 Å². The summed E-state index contributed by atoms with van der Waals surface area (Å²) in [5, 5.41) is 33.1. The van der Waals surface area contributed by atoms with Gasteiger partial charge in [-0.25, -0.2) is 0 Å². The van der Waals surface area contributed by atoms with Crippen molar-refractivity contribution in [3.63, 3.8) is 0 Å². The van der Waals surface area contributed by atoms with Crippen LogP contribution in [0.5, 0.6) is 0 Å². The molecule has 1 aromatic carbocycles. The highest BCUT2D eigenvalue weighted by Crippen LogP contribution is 2.03. The van der Waals surface area contributed by atoms with E-state index in [1.165, 1.54) is 0 Å². The standard InChI is InChI=1S/C18H24N4O8/c19-11(6-10-4-2-1-3-5-10)16(28)21-12(7-14(24)25)18(30)22-13(9-23)17(29)20-8-15(26)27/h1-5,11-13,23H,6-9,19H2,(H,20,29)(H,21,28)(H,22,30)(H,24,25)(H,26,27). The molecule has 30 heavy (non-hydrogen) atoms. The van der Waals surface area contributed by atoms with Gasteiger partial charge in [-0.05, 0) is 12.0 Å². The molecule has 0 aliphatic heterocycles. The SMILES string of the molecule is NC(Cc1ccccc1)C(=O)NC(CC(=O)O)C(=O)NC(CO)C(=O)NCC(=O)O. The van der Waals surface area contributed by atoms with E-state index in [4.69, 9.17) is 15.9 Å². The summed E-state index contributed by atoms with van der Waals surface area (Å²) in [6.45, 7) is -1.62. The van der Waals surface area contributed by atoms with E-state index in [1.807, 2.05) is 5.32 Å². The maximum atomic E-state index is 12.4. The van der Waals surface area contributed by atoms with E-state index in [-0.39, 0.29) is 6.42 Å². The van der Waals surface area contributed by atoms with Crippen LogP contribution in [0, 0.1) is 0 Å². The van der Waals surface area contributed by atoms with Crippen molar-refractivity contribution < 1.29 is 39.3 Å². The number of amides is 3. The van der Waals surface area contributed by atoms with E-state index < -0.39 is 67.4 Å². The topological polar surface area (TPSA) is 208 Å². The van der Waals surface area contributed by atoms with Gasteiger partial charge in [-0.2, -0.15) is 0 Å². The summed E-state index contributed by atoms with van der Waals surface area (Å²) in [7, 11) is 0. The first-order valence-corrected chi connectivity index (χ1v) is 8.86. The summed E-state index contributed by atoms with van der Waals surface area (Å²) in [4.78, 5) is 58.1. The number of carbonyl (C=O) groups excluding carboxylic acids is 3. The summed E-state index contributed by atoms with van der Waals surface area (Å²) >= 11 is 0. The van der Waals surface area contributed by atoms with Gasteiger partial charge in [-0.1, -0.05) is 30.3 Å². The van der Waals surface area contributed by atoms with Crippen molar-refractivity contribution in [3.8, 4) is 0 Å². The lowest BCUT2D eigenvalue weighted by atomic mass is 10.1. The second-order valence-electron chi connectivity index (χ2n) is 6.31. The van der Waals surface area contributed by atoms with Gasteiger partial charge >= 0.3 is 11.9 Å². The van der Waals surface area contributed by atoms with Crippen molar-refractivity contribution in [1.29, 1.82) is 0 Å². The molecule has 12 nitrogen and oxygen atoms in total. The molecule has 1 aromatic rings. The number of benzene rings is 1. The van der Waals surface area contributed by atoms with Crippen LogP contribution in [0.3, 0.4) is 0 Å². The molecule has 0 heterocycles. The van der Waals surface area contributed by atoms with E-state index in [9.17, 15) is 29.1 Å². The van der Waals surface area contributed by atoms with Gasteiger partial charge in [0.15, 0.2) is 0 Å². The number of hydrogen-bond acceptors (Lipinski definition) is 7. The van der Waals surface area contributed by atoms with E-state index in [1.54, 1.807) is 30.3 Å². The van der Waals surface area contributed by atoms with Crippen LogP contribution < -0.4 is 21.7 Å². The molecule has 0 radical (unpaired) electrons. The highest BCUT2D eigenvalue weighted by Gasteiger charge is 2.29. The maximum absolute atomic E-state index is 12.4. The third kappa shape index (κ3) is 8.67. The van der Waals surface area contributed by atoms with Gasteiger partial charge < -0.3 is 37.0 Å². The van der Waals surface area contributed by atoms with Gasteiger partial charge in [-0.3, -0.25) is 24.0 Å². The molecule has 8 N–H and O–H groups in total. The Morgan fingerprint density at radius 1 is 0.867 bits per heavy atom. The van der Waals surface area contributed by atoms with Crippen LogP contribution in [-0.4, -0.2) is 76.3 Å². The molecule has 3 amide bonds. The van der Waals surface area contributed by atoms with Crippen LogP contribution in [0.4, 0.5) is 0 Å². The molecule has 0 fully saturated rings. The average molecular weight is 424 g/mol. The number of nitrogens with two attached hydrogens (primary N) is 1. The minimum atomic E-state index is -1.57. The molecule has 0 saturated heterocycles. The Hall–Kier alpha value is -3.51. The third-order valence-corrected chi connectivity index (χ3v) is 3.88. The monoisotopic (exact) mass is 424 g/mol. The van der Waals surface area contributed by atoms with Crippen LogP contribution >= 0.6 is 0 Å². The largest absolute Gasteiger partial charge is 0.481 e. The summed E-state index contributed by atoms with van der Waals surface area (Å²) in [5.41, 5.74) is 6.58. The van der Waals surface area contributed by atoms with E-state index in [0.717, 1.165) is 5.56 Å². The van der Waals surface area contributed by atoms with Crippen molar-refractivity contribution in [2.75, 3.05) is 13.2 Å². The number of rotatable bonds is 12. The fourth-order valence-electron chi connectivity index (χ4n) is 2.38. The molecule has 164 valence electrons. The molecular formula is C18H24N4O8. The lowest BCUT2D eigenvalue weighted by Gasteiger charge is -2.22. The molecule has 0 bridgehead atoms. The summed E-state index contributed by atoms with van der Waals surface area (Å²) in [6, 6.07) is 4.61. The van der Waals surface area contributed by atoms with Crippen molar-refractivity contribution in [2.45, 2.75) is 31.0 Å². The molecule has 3 atom stereocenters. The number of hydrogen-bond donors (Lipinski definition) is 7. The molecule has 0 aliphatic rings. The Morgan fingerprint density at radius 3 is 2.00 bits per heavy atom. The van der Waals surface area contributed by atoms with Crippen molar-refractivity contribution >= 4 is 29.7 Å². The zero-order valence-electron chi connectivity index (χ0n) is 15.9. The highest BCUT2D eigenvalue weighted by atomic mass is 16.4. The highest BCUT2D eigenvalue weighted by molar-refractivity contribution is 5.95. The molecule has 12 heteroatoms. The number of carboxylic acids is 2. The third-order valence-electron chi connectivity index (χ3n) is 3.88. The molecule has 1 rings (SSSR count). The van der Waals surface area contributed by atoms with Gasteiger partial charge in [0, 0.05) is 0 Å². The Labute approximate surface area is 171 Å². The van der Waals surface area contributed by atoms with Gasteiger partial charge in [-0.15, -0.1) is 0 Å². The second-order valence-corrected chi connectivity index (χ2v) is 6.31. The molecule has 0 saturated carbocycles. The molecule has 3 unspecified atom stereocenters. The van der Waals surface area contributed by atoms with Gasteiger partial charge in [0.05, 0.1) is 19.1 Å². The first kappa shape index (κ1) is 24.5. The molecule has 0 aliphatic carbocycles. The normalized spacial score (nSPS) is 13.4. The number of aliphatic carboxylic acids is 2. The van der Waals surface area contributed by atoms with Crippen LogP contribution in [0.25, 0.3) is 0 Å². The fourth-order valence-corrected chi connectivity index (χ4v) is 2.38. The first-order chi connectivity index (χ1) is 14.1. The van der Waals surface area contributed by atoms with Crippen molar-refractivity contribution in [1.82, 2.24) is 16.0 Å². The zero-order valence-corrected chi connectivity index (χ0v) is 15.9. The summed E-state index contributed by atoms with van der Waals surface area (Å²) < 4.78 is 0. The van der Waals surface area contributed by atoms with Gasteiger partial charge in [0.25, 0.3) is 0 Å². The number of carbonyl (C=O) groups is 5. The Kier molecular flexibility index (Phi) is 9.92. The Morgan fingerprint density at radius 2 is 1.47 bits per heavy atom. The number of aliphatic hydroxyl groups is 1. The number of carboxylic acid groups (broad SMARTS) is 2. The van der Waals surface area contributed by atoms with E-state index in [2.05, 4.69) is 10.6 Å². The summed E-state index contributed by atoms with van der Waals surface area (Å²) in [6.07, 6.45) is -0.657. The zero-order chi connectivity index (χ0) is 22.7. The van der Waals surface area contributed by atoms with E-state index >= 15 is 0 Å². The minimum absolute atomic E-state index is 0.144. The Bertz CT molecular complexity index is 771. The van der Waals surface area contributed by atoms with Crippen LogP contribution in [0.15, 0.2) is 30.3 Å². The lowest BCUT2D eigenvalue weighted by molar-refractivity contribution is -0.141. The summed E-state index contributed by atoms with van der Waals surface area (Å²) in [5.74, 6) is -5.56. The predicted molar refractivity (Wildman–Crippen MR) is 102 cm³/mol. The maximum Gasteiger partial charge on any atom is 0.322 e. The van der Waals surface area contributed by atoms with Crippen LogP contribution in [0.2, 0.25) is 0 Å². The van der Waals surface area contributed by atoms with Gasteiger partial charge in [0.2, 0.25) is 17.7 Å². The average Bonchev–Trinajstić information content (AvgIpc) is 2.69.